The molecule has 2 amide bonds. The van der Waals surface area contributed by atoms with E-state index in [2.05, 4.69) is 5.32 Å². The quantitative estimate of drug-likeness (QED) is 0.452. The number of benzene rings is 2. The predicted octanol–water partition coefficient (Wildman–Crippen LogP) is 4.45. The van der Waals surface area contributed by atoms with Crippen LogP contribution in [-0.2, 0) is 26.2 Å². The van der Waals surface area contributed by atoms with E-state index in [1.807, 2.05) is 38.1 Å². The van der Waals surface area contributed by atoms with Gasteiger partial charge in [0.25, 0.3) is 0 Å². The molecule has 3 rings (SSSR count). The number of nitrogens with zero attached hydrogens (tertiary/aromatic N) is 2. The van der Waals surface area contributed by atoms with Crippen molar-refractivity contribution in [3.63, 3.8) is 0 Å². The van der Waals surface area contributed by atoms with Gasteiger partial charge < -0.3 is 15.0 Å². The first-order valence-corrected chi connectivity index (χ1v) is 15.2. The van der Waals surface area contributed by atoms with Crippen LogP contribution in [0.25, 0.3) is 0 Å². The van der Waals surface area contributed by atoms with Crippen LogP contribution in [0.1, 0.15) is 69.9 Å². The SMILES string of the molecule is COc1ccc(CN(C(=O)CN(c2ccccc2C(C)C)S(C)(=O)=O)C(C)C(=O)NC2CCCCC2)cc1. The summed E-state index contributed by atoms with van der Waals surface area (Å²) in [7, 11) is -2.20. The van der Waals surface area contributed by atoms with E-state index in [1.165, 1.54) is 11.3 Å². The number of amides is 2. The number of rotatable bonds is 11. The van der Waals surface area contributed by atoms with Gasteiger partial charge in [-0.1, -0.05) is 63.4 Å². The van der Waals surface area contributed by atoms with E-state index in [4.69, 9.17) is 4.74 Å². The average Bonchev–Trinajstić information content (AvgIpc) is 2.90. The van der Waals surface area contributed by atoms with Crippen molar-refractivity contribution in [2.75, 3.05) is 24.2 Å². The standard InChI is InChI=1S/C29H41N3O5S/c1-21(2)26-13-9-10-14-27(26)32(38(5,35)36)20-28(33)31(19-23-15-17-25(37-4)18-16-23)22(3)29(34)30-24-11-7-6-8-12-24/h9-10,13-18,21-22,24H,6-8,11-12,19-20H2,1-5H3,(H,30,34). The van der Waals surface area contributed by atoms with Gasteiger partial charge in [-0.25, -0.2) is 8.42 Å². The fourth-order valence-electron chi connectivity index (χ4n) is 4.88. The Hall–Kier alpha value is -3.07. The second kappa shape index (κ2) is 13.1. The fourth-order valence-corrected chi connectivity index (χ4v) is 5.75. The Morgan fingerprint density at radius 2 is 1.63 bits per heavy atom. The Kier molecular flexibility index (Phi) is 10.2. The van der Waals surface area contributed by atoms with Crippen molar-refractivity contribution in [1.29, 1.82) is 0 Å². The molecule has 1 fully saturated rings. The third kappa shape index (κ3) is 7.72. The van der Waals surface area contributed by atoms with Crippen molar-refractivity contribution >= 4 is 27.5 Å². The maximum Gasteiger partial charge on any atom is 0.244 e. The number of hydrogen-bond acceptors (Lipinski definition) is 5. The van der Waals surface area contributed by atoms with Gasteiger partial charge in [0.15, 0.2) is 0 Å². The maximum atomic E-state index is 13.8. The summed E-state index contributed by atoms with van der Waals surface area (Å²) in [6, 6.07) is 13.8. The van der Waals surface area contributed by atoms with Crippen molar-refractivity contribution in [3.8, 4) is 5.75 Å². The fraction of sp³-hybridized carbons (Fsp3) is 0.517. The number of methoxy groups -OCH3 is 1. The number of anilines is 1. The summed E-state index contributed by atoms with van der Waals surface area (Å²) in [4.78, 5) is 28.6. The first-order valence-electron chi connectivity index (χ1n) is 13.3. The van der Waals surface area contributed by atoms with Gasteiger partial charge in [0.1, 0.15) is 18.3 Å². The molecule has 0 spiro atoms. The minimum absolute atomic E-state index is 0.0566. The van der Waals surface area contributed by atoms with Crippen molar-refractivity contribution in [1.82, 2.24) is 10.2 Å². The molecule has 0 bridgehead atoms. The lowest BCUT2D eigenvalue weighted by molar-refractivity contribution is -0.139. The zero-order valence-electron chi connectivity index (χ0n) is 23.1. The first-order chi connectivity index (χ1) is 18.0. The molecule has 2 aromatic carbocycles. The molecule has 1 unspecified atom stereocenters. The van der Waals surface area contributed by atoms with Crippen molar-refractivity contribution in [3.05, 3.63) is 59.7 Å². The van der Waals surface area contributed by atoms with E-state index in [0.717, 1.165) is 47.4 Å². The molecule has 0 radical (unpaired) electrons. The number of sulfonamides is 1. The molecule has 38 heavy (non-hydrogen) atoms. The highest BCUT2D eigenvalue weighted by Crippen LogP contribution is 2.29. The second-order valence-corrected chi connectivity index (χ2v) is 12.3. The zero-order valence-corrected chi connectivity index (χ0v) is 24.0. The van der Waals surface area contributed by atoms with Gasteiger partial charge in [-0.2, -0.15) is 0 Å². The third-order valence-electron chi connectivity index (χ3n) is 7.14. The van der Waals surface area contributed by atoms with Gasteiger partial charge in [0.05, 0.1) is 19.1 Å². The van der Waals surface area contributed by atoms with Crippen LogP contribution in [0.3, 0.4) is 0 Å². The summed E-state index contributed by atoms with van der Waals surface area (Å²) in [6.07, 6.45) is 6.28. The van der Waals surface area contributed by atoms with Gasteiger partial charge in [-0.3, -0.25) is 13.9 Å². The number of carbonyl (C=O) groups is 2. The Labute approximate surface area is 227 Å². The van der Waals surface area contributed by atoms with Gasteiger partial charge in [0.2, 0.25) is 21.8 Å². The Morgan fingerprint density at radius 3 is 2.21 bits per heavy atom. The Bertz CT molecular complexity index is 1190. The van der Waals surface area contributed by atoms with E-state index in [0.29, 0.717) is 11.4 Å². The van der Waals surface area contributed by atoms with E-state index in [9.17, 15) is 18.0 Å². The van der Waals surface area contributed by atoms with E-state index < -0.39 is 28.5 Å². The van der Waals surface area contributed by atoms with Crippen LogP contribution in [0.4, 0.5) is 5.69 Å². The molecule has 1 aliphatic carbocycles. The molecular formula is C29H41N3O5S. The zero-order chi connectivity index (χ0) is 27.9. The van der Waals surface area contributed by atoms with Crippen LogP contribution >= 0.6 is 0 Å². The first kappa shape index (κ1) is 29.5. The highest BCUT2D eigenvalue weighted by atomic mass is 32.2. The highest BCUT2D eigenvalue weighted by Gasteiger charge is 2.32. The molecule has 0 heterocycles. The molecule has 9 heteroatoms. The molecular weight excluding hydrogens is 502 g/mol. The van der Waals surface area contributed by atoms with Crippen LogP contribution in [0.15, 0.2) is 48.5 Å². The smallest absolute Gasteiger partial charge is 0.244 e. The van der Waals surface area contributed by atoms with E-state index in [1.54, 1.807) is 38.3 Å². The molecule has 1 N–H and O–H groups in total. The van der Waals surface area contributed by atoms with Crippen molar-refractivity contribution in [2.45, 2.75) is 77.4 Å². The summed E-state index contributed by atoms with van der Waals surface area (Å²) in [5.74, 6) is 0.0627. The molecule has 0 aromatic heterocycles. The molecule has 8 nitrogen and oxygen atoms in total. The minimum atomic E-state index is -3.78. The molecule has 1 aliphatic rings. The Balaban J connectivity index is 1.91. The second-order valence-electron chi connectivity index (χ2n) is 10.4. The number of carbonyl (C=O) groups excluding carboxylic acids is 2. The average molecular weight is 544 g/mol. The molecule has 0 saturated heterocycles. The normalized spacial score (nSPS) is 15.1. The van der Waals surface area contributed by atoms with E-state index >= 15 is 0 Å². The lowest BCUT2D eigenvalue weighted by Crippen LogP contribution is -2.53. The molecule has 1 atom stereocenters. The van der Waals surface area contributed by atoms with Crippen LogP contribution in [0.5, 0.6) is 5.75 Å². The van der Waals surface area contributed by atoms with Gasteiger partial charge in [0, 0.05) is 12.6 Å². The molecule has 2 aromatic rings. The van der Waals surface area contributed by atoms with E-state index in [-0.39, 0.29) is 24.4 Å². The molecule has 208 valence electrons. The predicted molar refractivity (Wildman–Crippen MR) is 151 cm³/mol. The van der Waals surface area contributed by atoms with Crippen molar-refractivity contribution < 1.29 is 22.7 Å². The van der Waals surface area contributed by atoms with Gasteiger partial charge in [-0.05, 0) is 55.0 Å². The summed E-state index contributed by atoms with van der Waals surface area (Å²) in [6.45, 7) is 5.42. The van der Waals surface area contributed by atoms with Crippen LogP contribution in [0.2, 0.25) is 0 Å². The summed E-state index contributed by atoms with van der Waals surface area (Å²) in [5, 5.41) is 3.11. The molecule has 1 saturated carbocycles. The molecule has 0 aliphatic heterocycles. The van der Waals surface area contributed by atoms with Gasteiger partial charge in [-0.15, -0.1) is 0 Å². The largest absolute Gasteiger partial charge is 0.497 e. The minimum Gasteiger partial charge on any atom is -0.497 e. The number of para-hydroxylation sites is 1. The maximum absolute atomic E-state index is 13.8. The van der Waals surface area contributed by atoms with Crippen LogP contribution in [0, 0.1) is 0 Å². The lowest BCUT2D eigenvalue weighted by atomic mass is 9.95. The van der Waals surface area contributed by atoms with Crippen LogP contribution in [-0.4, -0.2) is 57.1 Å². The number of nitrogens with one attached hydrogen (secondary N) is 1. The van der Waals surface area contributed by atoms with Crippen LogP contribution < -0.4 is 14.4 Å². The number of hydrogen-bond donors (Lipinski definition) is 1. The summed E-state index contributed by atoms with van der Waals surface area (Å²) < 4.78 is 32.2. The third-order valence-corrected chi connectivity index (χ3v) is 8.26. The monoisotopic (exact) mass is 543 g/mol. The number of ether oxygens (including phenoxy) is 1. The summed E-state index contributed by atoms with van der Waals surface area (Å²) in [5.41, 5.74) is 2.11. The van der Waals surface area contributed by atoms with Gasteiger partial charge >= 0.3 is 0 Å². The van der Waals surface area contributed by atoms with Crippen molar-refractivity contribution in [2.24, 2.45) is 0 Å². The summed E-state index contributed by atoms with van der Waals surface area (Å²) >= 11 is 0. The highest BCUT2D eigenvalue weighted by molar-refractivity contribution is 7.92. The topological polar surface area (TPSA) is 96.0 Å². The Morgan fingerprint density at radius 1 is 1.00 bits per heavy atom. The lowest BCUT2D eigenvalue weighted by Gasteiger charge is -2.33.